The van der Waals surface area contributed by atoms with E-state index in [2.05, 4.69) is 22.4 Å². The number of cyclic esters (lactones) is 1. The molecule has 0 radical (unpaired) electrons. The third-order valence-electron chi connectivity index (χ3n) is 4.15. The third kappa shape index (κ3) is 2.74. The Balaban J connectivity index is 1.71. The molecule has 2 heterocycles. The average Bonchev–Trinajstić information content (AvgIpc) is 3.05. The number of rotatable bonds is 3. The first-order valence-corrected chi connectivity index (χ1v) is 7.85. The smallest absolute Gasteiger partial charge is 0.408 e. The Morgan fingerprint density at radius 2 is 1.58 bits per heavy atom. The van der Waals surface area contributed by atoms with Crippen LogP contribution in [0.3, 0.4) is 0 Å². The predicted molar refractivity (Wildman–Crippen MR) is 91.2 cm³/mol. The van der Waals surface area contributed by atoms with Crippen LogP contribution in [0.4, 0.5) is 4.79 Å². The highest BCUT2D eigenvalue weighted by Gasteiger charge is 2.37. The highest BCUT2D eigenvalue weighted by atomic mass is 16.6. The molecule has 118 valence electrons. The predicted octanol–water partition coefficient (Wildman–Crippen LogP) is 4.27. The molecule has 2 aromatic carbocycles. The average molecular weight is 316 g/mol. The van der Waals surface area contributed by atoms with E-state index in [4.69, 9.17) is 4.74 Å². The van der Waals surface area contributed by atoms with Crippen LogP contribution >= 0.6 is 0 Å². The molecule has 4 nitrogen and oxygen atoms in total. The van der Waals surface area contributed by atoms with Crippen LogP contribution in [0.2, 0.25) is 0 Å². The summed E-state index contributed by atoms with van der Waals surface area (Å²) >= 11 is 0. The molecule has 1 fully saturated rings. The largest absolute Gasteiger partial charge is 0.439 e. The van der Waals surface area contributed by atoms with Crippen molar-refractivity contribution in [3.05, 3.63) is 90.3 Å². The van der Waals surface area contributed by atoms with Gasteiger partial charge in [0.1, 0.15) is 6.04 Å². The van der Waals surface area contributed by atoms with Crippen LogP contribution < -0.4 is 5.32 Å². The number of hydrogen-bond donors (Lipinski definition) is 1. The Kier molecular flexibility index (Phi) is 3.71. The van der Waals surface area contributed by atoms with E-state index in [9.17, 15) is 4.79 Å². The van der Waals surface area contributed by atoms with Gasteiger partial charge in [0.15, 0.2) is 6.10 Å². The highest BCUT2D eigenvalue weighted by molar-refractivity contribution is 5.71. The number of ether oxygens (including phenoxy) is 1. The minimum atomic E-state index is -0.416. The lowest BCUT2D eigenvalue weighted by Gasteiger charge is -2.17. The second kappa shape index (κ2) is 6.16. The Hall–Kier alpha value is -3.14. The van der Waals surface area contributed by atoms with Gasteiger partial charge in [-0.15, -0.1) is 0 Å². The summed E-state index contributed by atoms with van der Waals surface area (Å²) in [6.45, 7) is 0. The molecular formula is C20H16N2O2. The number of hydrogen-bond acceptors (Lipinski definition) is 3. The van der Waals surface area contributed by atoms with Crippen molar-refractivity contribution in [2.75, 3.05) is 0 Å². The first kappa shape index (κ1) is 14.5. The number of carbonyl (C=O) groups excluding carboxylic acids is 1. The molecule has 0 spiro atoms. The first-order chi connectivity index (χ1) is 11.8. The SMILES string of the molecule is O=C1N[C@@H](c2cc(-c3ccccc3)ccn2)[C@H](c2ccccc2)O1. The number of alkyl carbamates (subject to hydrolysis) is 1. The Bertz CT molecular complexity index is 850. The zero-order valence-corrected chi connectivity index (χ0v) is 12.9. The van der Waals surface area contributed by atoms with E-state index in [1.807, 2.05) is 60.7 Å². The Morgan fingerprint density at radius 3 is 2.33 bits per heavy atom. The van der Waals surface area contributed by atoms with Crippen LogP contribution in [0.1, 0.15) is 23.4 Å². The Morgan fingerprint density at radius 1 is 0.875 bits per heavy atom. The number of carbonyl (C=O) groups is 1. The van der Waals surface area contributed by atoms with E-state index >= 15 is 0 Å². The van der Waals surface area contributed by atoms with E-state index in [0.717, 1.165) is 22.4 Å². The van der Waals surface area contributed by atoms with Crippen molar-refractivity contribution in [1.82, 2.24) is 10.3 Å². The van der Waals surface area contributed by atoms with Crippen molar-refractivity contribution in [2.24, 2.45) is 0 Å². The summed E-state index contributed by atoms with van der Waals surface area (Å²) in [4.78, 5) is 16.3. The second-order valence-corrected chi connectivity index (χ2v) is 5.69. The van der Waals surface area contributed by atoms with Gasteiger partial charge in [-0.1, -0.05) is 60.7 Å². The van der Waals surface area contributed by atoms with E-state index in [1.165, 1.54) is 0 Å². The molecule has 0 aliphatic carbocycles. The van der Waals surface area contributed by atoms with E-state index < -0.39 is 6.09 Å². The lowest BCUT2D eigenvalue weighted by molar-refractivity contribution is 0.132. The molecular weight excluding hydrogens is 300 g/mol. The van der Waals surface area contributed by atoms with Gasteiger partial charge < -0.3 is 10.1 Å². The van der Waals surface area contributed by atoms with Crippen molar-refractivity contribution in [1.29, 1.82) is 0 Å². The van der Waals surface area contributed by atoms with Crippen LogP contribution in [-0.2, 0) is 4.74 Å². The molecule has 1 amide bonds. The normalized spacial score (nSPS) is 19.6. The van der Waals surface area contributed by atoms with E-state index in [0.29, 0.717) is 0 Å². The summed E-state index contributed by atoms with van der Waals surface area (Å²) in [6, 6.07) is 23.5. The number of nitrogens with one attached hydrogen (secondary N) is 1. The fourth-order valence-corrected chi connectivity index (χ4v) is 2.98. The molecule has 24 heavy (non-hydrogen) atoms. The fourth-order valence-electron chi connectivity index (χ4n) is 2.98. The van der Waals surface area contributed by atoms with Crippen molar-refractivity contribution < 1.29 is 9.53 Å². The summed E-state index contributed by atoms with van der Waals surface area (Å²) in [7, 11) is 0. The molecule has 1 aromatic heterocycles. The van der Waals surface area contributed by atoms with Crippen LogP contribution in [0, 0.1) is 0 Å². The number of benzene rings is 2. The maximum Gasteiger partial charge on any atom is 0.408 e. The monoisotopic (exact) mass is 316 g/mol. The van der Waals surface area contributed by atoms with Gasteiger partial charge in [-0.2, -0.15) is 0 Å². The van der Waals surface area contributed by atoms with Gasteiger partial charge in [0.25, 0.3) is 0 Å². The molecule has 2 atom stereocenters. The van der Waals surface area contributed by atoms with Gasteiger partial charge in [-0.05, 0) is 28.8 Å². The Labute approximate surface area is 140 Å². The summed E-state index contributed by atoms with van der Waals surface area (Å²) in [5.74, 6) is 0. The molecule has 4 rings (SSSR count). The van der Waals surface area contributed by atoms with Crippen LogP contribution in [-0.4, -0.2) is 11.1 Å². The zero-order chi connectivity index (χ0) is 16.4. The molecule has 4 heteroatoms. The summed E-state index contributed by atoms with van der Waals surface area (Å²) in [6.07, 6.45) is 0.975. The summed E-state index contributed by atoms with van der Waals surface area (Å²) < 4.78 is 5.47. The first-order valence-electron chi connectivity index (χ1n) is 7.85. The maximum atomic E-state index is 11.8. The quantitative estimate of drug-likeness (QED) is 0.785. The minimum absolute atomic E-state index is 0.302. The molecule has 1 aliphatic heterocycles. The van der Waals surface area contributed by atoms with Crippen LogP contribution in [0.15, 0.2) is 79.0 Å². The van der Waals surface area contributed by atoms with E-state index in [1.54, 1.807) is 6.20 Å². The van der Waals surface area contributed by atoms with Gasteiger partial charge >= 0.3 is 6.09 Å². The van der Waals surface area contributed by atoms with Crippen molar-refractivity contribution in [3.63, 3.8) is 0 Å². The minimum Gasteiger partial charge on any atom is -0.439 e. The number of pyridine rings is 1. The van der Waals surface area contributed by atoms with E-state index in [-0.39, 0.29) is 12.1 Å². The van der Waals surface area contributed by atoms with Crippen molar-refractivity contribution in [3.8, 4) is 11.1 Å². The highest BCUT2D eigenvalue weighted by Crippen LogP contribution is 2.36. The molecule has 1 N–H and O–H groups in total. The number of nitrogens with zero attached hydrogens (tertiary/aromatic N) is 1. The number of aromatic nitrogens is 1. The third-order valence-corrected chi connectivity index (χ3v) is 4.15. The molecule has 0 unspecified atom stereocenters. The molecule has 3 aromatic rings. The topological polar surface area (TPSA) is 51.2 Å². The van der Waals surface area contributed by atoms with Gasteiger partial charge in [-0.25, -0.2) is 4.79 Å². The van der Waals surface area contributed by atoms with Gasteiger partial charge in [-0.3, -0.25) is 4.98 Å². The van der Waals surface area contributed by atoms with Crippen LogP contribution in [0.25, 0.3) is 11.1 Å². The van der Waals surface area contributed by atoms with Crippen molar-refractivity contribution in [2.45, 2.75) is 12.1 Å². The molecule has 1 aliphatic rings. The molecule has 0 bridgehead atoms. The van der Waals surface area contributed by atoms with Gasteiger partial charge in [0, 0.05) is 6.20 Å². The van der Waals surface area contributed by atoms with Crippen molar-refractivity contribution >= 4 is 6.09 Å². The van der Waals surface area contributed by atoms with Gasteiger partial charge in [0.2, 0.25) is 0 Å². The van der Waals surface area contributed by atoms with Crippen LogP contribution in [0.5, 0.6) is 0 Å². The molecule has 1 saturated heterocycles. The lowest BCUT2D eigenvalue weighted by Crippen LogP contribution is -2.20. The summed E-state index contributed by atoms with van der Waals surface area (Å²) in [5, 5.41) is 2.87. The standard InChI is InChI=1S/C20H16N2O2/c23-20-22-18(19(24-20)15-9-5-2-6-10-15)17-13-16(11-12-21-17)14-7-3-1-4-8-14/h1-13,18-19H,(H,22,23)/t18-,19-/m0/s1. The molecule has 0 saturated carbocycles. The lowest BCUT2D eigenvalue weighted by atomic mass is 9.98. The fraction of sp³-hybridized carbons (Fsp3) is 0.100. The maximum absolute atomic E-state index is 11.8. The number of amides is 1. The van der Waals surface area contributed by atoms with Gasteiger partial charge in [0.05, 0.1) is 5.69 Å². The second-order valence-electron chi connectivity index (χ2n) is 5.69. The summed E-state index contributed by atoms with van der Waals surface area (Å²) in [5.41, 5.74) is 3.92. The zero-order valence-electron chi connectivity index (χ0n) is 12.9.